The quantitative estimate of drug-likeness (QED) is 0.152. The van der Waals surface area contributed by atoms with Crippen LogP contribution in [0.3, 0.4) is 0 Å². The lowest BCUT2D eigenvalue weighted by molar-refractivity contribution is 0.535. The van der Waals surface area contributed by atoms with Gasteiger partial charge in [-0.05, 0) is 116 Å². The van der Waals surface area contributed by atoms with E-state index in [1.54, 1.807) is 0 Å². The molecule has 1 aliphatic rings. The van der Waals surface area contributed by atoms with Gasteiger partial charge in [0, 0.05) is 33.0 Å². The van der Waals surface area contributed by atoms with E-state index in [-0.39, 0.29) is 5.41 Å². The molecule has 63 heavy (non-hydrogen) atoms. The number of anilines is 3. The van der Waals surface area contributed by atoms with Crippen molar-refractivity contribution in [2.45, 2.75) is 31.1 Å². The van der Waals surface area contributed by atoms with Gasteiger partial charge in [-0.2, -0.15) is 0 Å². The average Bonchev–Trinajstić information content (AvgIpc) is 4.01. The van der Waals surface area contributed by atoms with E-state index in [0.29, 0.717) is 0 Å². The monoisotopic (exact) mass is 807 g/mol. The van der Waals surface area contributed by atoms with E-state index in [2.05, 4.69) is 223 Å². The maximum Gasteiger partial charge on any atom is 0.136 e. The first-order valence-corrected chi connectivity index (χ1v) is 22.3. The van der Waals surface area contributed by atoms with Crippen LogP contribution in [-0.4, -0.2) is 0 Å². The molecule has 10 aromatic carbocycles. The number of nitrogens with zero attached hydrogens (tertiary/aromatic N) is 1. The smallest absolute Gasteiger partial charge is 0.136 e. The molecule has 12 rings (SSSR count). The first kappa shape index (κ1) is 37.1. The number of benzene rings is 10. The lowest BCUT2D eigenvalue weighted by atomic mass is 9.72. The van der Waals surface area contributed by atoms with Crippen LogP contribution in [0, 0.1) is 0 Å². The Kier molecular flexibility index (Phi) is 9.04. The van der Waals surface area contributed by atoms with E-state index in [0.717, 1.165) is 63.0 Å². The molecule has 0 unspecified atom stereocenters. The van der Waals surface area contributed by atoms with E-state index in [9.17, 15) is 0 Å². The molecule has 0 amide bonds. The molecule has 300 valence electrons. The molecule has 0 bridgehead atoms. The molecule has 0 saturated heterocycles. The minimum atomic E-state index is -0.0412. The number of hydrogen-bond donors (Lipinski definition) is 0. The fraction of sp³-hybridized carbons (Fsp3) is 0.0820. The Morgan fingerprint density at radius 3 is 1.81 bits per heavy atom. The largest absolute Gasteiger partial charge is 0.456 e. The maximum atomic E-state index is 6.42. The second kappa shape index (κ2) is 15.3. The first-order valence-electron chi connectivity index (χ1n) is 22.3. The highest BCUT2D eigenvalue weighted by molar-refractivity contribution is 6.12. The summed E-state index contributed by atoms with van der Waals surface area (Å²) in [6, 6.07) is 82.6. The predicted molar refractivity (Wildman–Crippen MR) is 265 cm³/mol. The highest BCUT2D eigenvalue weighted by Crippen LogP contribution is 2.52. The highest BCUT2D eigenvalue weighted by atomic mass is 16.3. The minimum Gasteiger partial charge on any atom is -0.456 e. The summed E-state index contributed by atoms with van der Waals surface area (Å²) in [6.45, 7) is 0. The standard InChI is InChI=1S/C61H45NO/c1-3-17-43(18-4-1)55-41-48(61(37-13-14-38-61)47-23-5-2-6-24-47)33-36-56(55)62(49-25-15-22-45(39-49)46-31-34-53-52-28-11-12-30-58(52)63-59(53)40-46)57-35-32-44-20-8-10-27-51(44)60(57)54-29-16-21-42-19-7-9-26-50(42)54/h1-12,15-36,39-41H,13-14,37-38H2. The lowest BCUT2D eigenvalue weighted by Crippen LogP contribution is -2.24. The summed E-state index contributed by atoms with van der Waals surface area (Å²) >= 11 is 0. The molecule has 1 heterocycles. The van der Waals surface area contributed by atoms with Crippen molar-refractivity contribution in [2.75, 3.05) is 4.90 Å². The van der Waals surface area contributed by atoms with E-state index < -0.39 is 0 Å². The van der Waals surface area contributed by atoms with Gasteiger partial charge < -0.3 is 9.32 Å². The van der Waals surface area contributed by atoms with Gasteiger partial charge in [-0.25, -0.2) is 0 Å². The van der Waals surface area contributed by atoms with Gasteiger partial charge in [0.25, 0.3) is 0 Å². The molecule has 11 aromatic rings. The zero-order chi connectivity index (χ0) is 41.7. The van der Waals surface area contributed by atoms with Crippen molar-refractivity contribution in [1.82, 2.24) is 0 Å². The van der Waals surface area contributed by atoms with E-state index in [1.807, 2.05) is 6.07 Å². The Bertz CT molecular complexity index is 3460. The molecule has 2 heteroatoms. The molecule has 0 radical (unpaired) electrons. The van der Waals surface area contributed by atoms with Crippen molar-refractivity contribution < 1.29 is 4.42 Å². The number of fused-ring (bicyclic) bond motifs is 5. The van der Waals surface area contributed by atoms with Crippen molar-refractivity contribution in [1.29, 1.82) is 0 Å². The Hall–Kier alpha value is -7.68. The van der Waals surface area contributed by atoms with E-state index in [4.69, 9.17) is 4.42 Å². The van der Waals surface area contributed by atoms with Crippen molar-refractivity contribution in [3.05, 3.63) is 236 Å². The first-order chi connectivity index (χ1) is 31.2. The summed E-state index contributed by atoms with van der Waals surface area (Å²) in [5.74, 6) is 0. The third kappa shape index (κ3) is 6.33. The molecule has 2 nitrogen and oxygen atoms in total. The van der Waals surface area contributed by atoms with Gasteiger partial charge in [-0.15, -0.1) is 0 Å². The molecular formula is C61H45NO. The number of furan rings is 1. The molecule has 1 aliphatic carbocycles. The molecule has 1 fully saturated rings. The Labute approximate surface area is 368 Å². The Balaban J connectivity index is 1.14. The molecule has 0 aliphatic heterocycles. The summed E-state index contributed by atoms with van der Waals surface area (Å²) in [6.07, 6.45) is 4.73. The summed E-state index contributed by atoms with van der Waals surface area (Å²) < 4.78 is 6.42. The number of hydrogen-bond acceptors (Lipinski definition) is 2. The van der Waals surface area contributed by atoms with Crippen LogP contribution in [0.5, 0.6) is 0 Å². The van der Waals surface area contributed by atoms with Crippen molar-refractivity contribution >= 4 is 60.5 Å². The second-order valence-corrected chi connectivity index (χ2v) is 17.2. The lowest BCUT2D eigenvalue weighted by Gasteiger charge is -2.34. The summed E-state index contributed by atoms with van der Waals surface area (Å²) in [5.41, 5.74) is 14.9. The molecule has 1 aromatic heterocycles. The van der Waals surface area contributed by atoms with Crippen LogP contribution >= 0.6 is 0 Å². The third-order valence-corrected chi connectivity index (χ3v) is 13.7. The zero-order valence-electron chi connectivity index (χ0n) is 35.0. The summed E-state index contributed by atoms with van der Waals surface area (Å²) in [7, 11) is 0. The van der Waals surface area contributed by atoms with Crippen molar-refractivity contribution in [3.8, 4) is 33.4 Å². The van der Waals surface area contributed by atoms with E-state index in [1.165, 1.54) is 67.8 Å². The molecule has 0 N–H and O–H groups in total. The second-order valence-electron chi connectivity index (χ2n) is 17.2. The molecule has 0 atom stereocenters. The molecule has 0 spiro atoms. The number of para-hydroxylation sites is 1. The molecule has 1 saturated carbocycles. The van der Waals surface area contributed by atoms with Gasteiger partial charge in [0.05, 0.1) is 11.4 Å². The fourth-order valence-electron chi connectivity index (χ4n) is 10.7. The van der Waals surface area contributed by atoms with Gasteiger partial charge in [-0.1, -0.05) is 189 Å². The van der Waals surface area contributed by atoms with Crippen LogP contribution in [0.4, 0.5) is 17.1 Å². The van der Waals surface area contributed by atoms with Gasteiger partial charge in [0.1, 0.15) is 11.2 Å². The number of rotatable bonds is 8. The average molecular weight is 808 g/mol. The Morgan fingerprint density at radius 2 is 0.984 bits per heavy atom. The maximum absolute atomic E-state index is 6.42. The van der Waals surface area contributed by atoms with Gasteiger partial charge in [0.15, 0.2) is 0 Å². The fourth-order valence-corrected chi connectivity index (χ4v) is 10.7. The van der Waals surface area contributed by atoms with Crippen molar-refractivity contribution in [2.24, 2.45) is 0 Å². The van der Waals surface area contributed by atoms with Crippen LogP contribution in [0.1, 0.15) is 36.8 Å². The normalized spacial score (nSPS) is 13.6. The van der Waals surface area contributed by atoms with Crippen LogP contribution in [0.2, 0.25) is 0 Å². The summed E-state index contributed by atoms with van der Waals surface area (Å²) in [4.78, 5) is 2.53. The third-order valence-electron chi connectivity index (χ3n) is 13.7. The minimum absolute atomic E-state index is 0.0412. The van der Waals surface area contributed by atoms with Crippen LogP contribution in [0.25, 0.3) is 76.9 Å². The van der Waals surface area contributed by atoms with Crippen LogP contribution in [-0.2, 0) is 5.41 Å². The van der Waals surface area contributed by atoms with E-state index >= 15 is 0 Å². The topological polar surface area (TPSA) is 16.4 Å². The SMILES string of the molecule is c1ccc(-c2cc(C3(c4ccccc4)CCCC3)ccc2N(c2cccc(-c3ccc4c(c3)oc3ccccc34)c2)c2ccc3ccccc3c2-c2cccc3ccccc23)cc1. The van der Waals surface area contributed by atoms with Crippen LogP contribution < -0.4 is 4.90 Å². The van der Waals surface area contributed by atoms with Gasteiger partial charge in [0.2, 0.25) is 0 Å². The summed E-state index contributed by atoms with van der Waals surface area (Å²) in [5, 5.41) is 7.15. The van der Waals surface area contributed by atoms with Crippen molar-refractivity contribution in [3.63, 3.8) is 0 Å². The zero-order valence-corrected chi connectivity index (χ0v) is 35.0. The van der Waals surface area contributed by atoms with Gasteiger partial charge >= 0.3 is 0 Å². The molecular weight excluding hydrogens is 763 g/mol. The predicted octanol–water partition coefficient (Wildman–Crippen LogP) is 17.2. The highest BCUT2D eigenvalue weighted by Gasteiger charge is 2.38. The van der Waals surface area contributed by atoms with Crippen LogP contribution in [0.15, 0.2) is 229 Å². The van der Waals surface area contributed by atoms with Gasteiger partial charge in [-0.3, -0.25) is 0 Å². The Morgan fingerprint density at radius 1 is 0.365 bits per heavy atom.